The lowest BCUT2D eigenvalue weighted by Crippen LogP contribution is -2.30. The van der Waals surface area contributed by atoms with Crippen LogP contribution < -0.4 is 4.90 Å². The van der Waals surface area contributed by atoms with Crippen molar-refractivity contribution in [1.82, 2.24) is 0 Å². The van der Waals surface area contributed by atoms with E-state index < -0.39 is 0 Å². The molecular formula is C26H29N. The largest absolute Gasteiger partial charge is 0.313 e. The Morgan fingerprint density at radius 1 is 1.11 bits per heavy atom. The molecule has 0 saturated carbocycles. The molecule has 0 saturated heterocycles. The highest BCUT2D eigenvalue weighted by atomic mass is 15.2. The van der Waals surface area contributed by atoms with Crippen molar-refractivity contribution in [3.05, 3.63) is 89.1 Å². The minimum Gasteiger partial charge on any atom is -0.313 e. The van der Waals surface area contributed by atoms with Gasteiger partial charge in [0.25, 0.3) is 0 Å². The van der Waals surface area contributed by atoms with Gasteiger partial charge < -0.3 is 4.90 Å². The third-order valence-corrected chi connectivity index (χ3v) is 6.09. The van der Waals surface area contributed by atoms with E-state index in [1.54, 1.807) is 0 Å². The minimum absolute atomic E-state index is 0.439. The van der Waals surface area contributed by atoms with E-state index in [0.717, 1.165) is 11.6 Å². The molecule has 4 rings (SSSR count). The quantitative estimate of drug-likeness (QED) is 0.529. The highest BCUT2D eigenvalue weighted by Crippen LogP contribution is 2.43. The molecule has 1 heteroatoms. The van der Waals surface area contributed by atoms with E-state index in [1.807, 2.05) is 0 Å². The summed E-state index contributed by atoms with van der Waals surface area (Å²) < 4.78 is 0. The smallest absolute Gasteiger partial charge is 0.0490 e. The number of benzene rings is 2. The number of nitrogens with zero attached hydrogens (tertiary/aromatic N) is 1. The summed E-state index contributed by atoms with van der Waals surface area (Å²) >= 11 is 0. The van der Waals surface area contributed by atoms with Gasteiger partial charge in [-0.2, -0.15) is 0 Å². The molecule has 0 aromatic heterocycles. The van der Waals surface area contributed by atoms with Gasteiger partial charge in [-0.15, -0.1) is 0 Å². The Hall–Kier alpha value is -2.54. The Labute approximate surface area is 163 Å². The van der Waals surface area contributed by atoms with E-state index >= 15 is 0 Å². The van der Waals surface area contributed by atoms with Crippen LogP contribution in [-0.4, -0.2) is 0 Å². The van der Waals surface area contributed by atoms with E-state index in [4.69, 9.17) is 0 Å². The first kappa shape index (κ1) is 17.9. The van der Waals surface area contributed by atoms with E-state index in [0.29, 0.717) is 5.92 Å². The van der Waals surface area contributed by atoms with Crippen molar-refractivity contribution in [3.63, 3.8) is 0 Å². The molecule has 1 aliphatic carbocycles. The van der Waals surface area contributed by atoms with Crippen molar-refractivity contribution in [2.75, 3.05) is 4.90 Å². The Morgan fingerprint density at radius 3 is 2.74 bits per heavy atom. The molecule has 2 aliphatic rings. The first-order valence-electron chi connectivity index (χ1n) is 10.1. The lowest BCUT2D eigenvalue weighted by atomic mass is 9.81. The fourth-order valence-corrected chi connectivity index (χ4v) is 4.43. The molecule has 1 heterocycles. The van der Waals surface area contributed by atoms with Crippen LogP contribution >= 0.6 is 0 Å². The monoisotopic (exact) mass is 355 g/mol. The van der Waals surface area contributed by atoms with Crippen LogP contribution in [0.2, 0.25) is 0 Å². The van der Waals surface area contributed by atoms with Crippen LogP contribution in [0.15, 0.2) is 66.9 Å². The van der Waals surface area contributed by atoms with Gasteiger partial charge in [0, 0.05) is 28.6 Å². The zero-order valence-electron chi connectivity index (χ0n) is 16.7. The molecule has 2 atom stereocenters. The fourth-order valence-electron chi connectivity index (χ4n) is 4.43. The number of hydrogen-bond donors (Lipinski definition) is 0. The lowest BCUT2D eigenvalue weighted by molar-refractivity contribution is 0.414. The van der Waals surface area contributed by atoms with E-state index in [2.05, 4.69) is 92.9 Å². The molecule has 1 nitrogen and oxygen atoms in total. The maximum absolute atomic E-state index is 4.53. The highest BCUT2D eigenvalue weighted by Gasteiger charge is 2.30. The van der Waals surface area contributed by atoms with Crippen molar-refractivity contribution in [2.45, 2.75) is 40.0 Å². The second-order valence-corrected chi connectivity index (χ2v) is 8.01. The summed E-state index contributed by atoms with van der Waals surface area (Å²) in [5.41, 5.74) is 8.80. The average Bonchev–Trinajstić information content (AvgIpc) is 2.70. The Bertz CT molecular complexity index is 931. The fraction of sp³-hybridized carbons (Fsp3) is 0.308. The van der Waals surface area contributed by atoms with Gasteiger partial charge in [0.1, 0.15) is 0 Å². The Kier molecular flexibility index (Phi) is 4.78. The number of anilines is 1. The number of aryl methyl sites for hydroxylation is 2. The van der Waals surface area contributed by atoms with Crippen LogP contribution in [0.1, 0.15) is 48.4 Å². The second kappa shape index (κ2) is 7.23. The zero-order chi connectivity index (χ0) is 19.0. The van der Waals surface area contributed by atoms with Crippen molar-refractivity contribution >= 4 is 17.5 Å². The zero-order valence-corrected chi connectivity index (χ0v) is 16.7. The van der Waals surface area contributed by atoms with Gasteiger partial charge >= 0.3 is 0 Å². The van der Waals surface area contributed by atoms with E-state index in [-0.39, 0.29) is 0 Å². The third kappa shape index (κ3) is 3.27. The maximum atomic E-state index is 4.53. The minimum atomic E-state index is 0.439. The molecule has 0 fully saturated rings. The van der Waals surface area contributed by atoms with E-state index in [1.165, 1.54) is 52.9 Å². The van der Waals surface area contributed by atoms with Gasteiger partial charge in [-0.05, 0) is 61.4 Å². The molecule has 1 aliphatic heterocycles. The average molecular weight is 356 g/mol. The van der Waals surface area contributed by atoms with Crippen LogP contribution in [0.3, 0.4) is 0 Å². The van der Waals surface area contributed by atoms with Crippen molar-refractivity contribution in [3.8, 4) is 0 Å². The molecule has 2 unspecified atom stereocenters. The summed E-state index contributed by atoms with van der Waals surface area (Å²) in [7, 11) is 0. The highest BCUT2D eigenvalue weighted by molar-refractivity contribution is 5.92. The molecule has 0 bridgehead atoms. The molecular weight excluding hydrogens is 326 g/mol. The summed E-state index contributed by atoms with van der Waals surface area (Å²) in [5.74, 6) is 1.21. The number of fused-ring (bicyclic) bond motifs is 1. The van der Waals surface area contributed by atoms with Gasteiger partial charge in [-0.25, -0.2) is 0 Å². The summed E-state index contributed by atoms with van der Waals surface area (Å²) in [4.78, 5) is 2.41. The van der Waals surface area contributed by atoms with Gasteiger partial charge in [0.05, 0.1) is 0 Å². The topological polar surface area (TPSA) is 3.24 Å². The van der Waals surface area contributed by atoms with Crippen molar-refractivity contribution in [1.29, 1.82) is 0 Å². The summed E-state index contributed by atoms with van der Waals surface area (Å²) in [6.07, 6.45) is 10.9. The molecule has 0 spiro atoms. The third-order valence-electron chi connectivity index (χ3n) is 6.09. The van der Waals surface area contributed by atoms with Crippen LogP contribution in [0.5, 0.6) is 0 Å². The van der Waals surface area contributed by atoms with E-state index in [9.17, 15) is 0 Å². The molecule has 0 N–H and O–H groups in total. The normalized spacial score (nSPS) is 21.8. The number of hydrogen-bond acceptors (Lipinski definition) is 1. The molecule has 0 radical (unpaired) electrons. The van der Waals surface area contributed by atoms with Gasteiger partial charge in [-0.1, -0.05) is 68.5 Å². The van der Waals surface area contributed by atoms with Crippen LogP contribution in [0.25, 0.3) is 11.8 Å². The van der Waals surface area contributed by atoms with Crippen molar-refractivity contribution < 1.29 is 0 Å². The second-order valence-electron chi connectivity index (χ2n) is 8.01. The molecule has 27 heavy (non-hydrogen) atoms. The first-order valence-corrected chi connectivity index (χ1v) is 10.1. The lowest BCUT2D eigenvalue weighted by Gasteiger charge is -2.39. The van der Waals surface area contributed by atoms with Gasteiger partial charge in [-0.3, -0.25) is 0 Å². The molecule has 138 valence electrons. The molecule has 0 amide bonds. The van der Waals surface area contributed by atoms with Gasteiger partial charge in [0.15, 0.2) is 0 Å². The SMILES string of the molecule is C=C1c2ccccc2C=C(C2C=CCC(CC)C2)N1c1cc(C)ccc1C. The van der Waals surface area contributed by atoms with Crippen molar-refractivity contribution in [2.24, 2.45) is 11.8 Å². The predicted octanol–water partition coefficient (Wildman–Crippen LogP) is 7.13. The van der Waals surface area contributed by atoms with Crippen LogP contribution in [-0.2, 0) is 0 Å². The maximum Gasteiger partial charge on any atom is 0.0490 e. The number of rotatable bonds is 3. The number of allylic oxidation sites excluding steroid dienone is 2. The standard InChI is InChI=1S/C26H29N/c1-5-21-9-8-11-23(16-21)26-17-22-10-6-7-12-24(22)20(4)27(26)25-15-18(2)13-14-19(25)3/h6-8,10-15,17,21,23H,4-5,9,16H2,1-3H3. The Morgan fingerprint density at radius 2 is 1.93 bits per heavy atom. The van der Waals surface area contributed by atoms with Gasteiger partial charge in [0.2, 0.25) is 0 Å². The predicted molar refractivity (Wildman–Crippen MR) is 117 cm³/mol. The Balaban J connectivity index is 1.87. The van der Waals surface area contributed by atoms with Crippen LogP contribution in [0, 0.1) is 25.7 Å². The molecule has 2 aromatic carbocycles. The summed E-state index contributed by atoms with van der Waals surface area (Å²) in [5, 5.41) is 0. The summed E-state index contributed by atoms with van der Waals surface area (Å²) in [6.45, 7) is 11.2. The summed E-state index contributed by atoms with van der Waals surface area (Å²) in [6, 6.07) is 15.3. The first-order chi connectivity index (χ1) is 13.1. The molecule has 2 aromatic rings. The van der Waals surface area contributed by atoms with Crippen LogP contribution in [0.4, 0.5) is 5.69 Å².